The van der Waals surface area contributed by atoms with Gasteiger partial charge < -0.3 is 10.4 Å². The number of rotatable bonds is 7. The average molecular weight is 350 g/mol. The van der Waals surface area contributed by atoms with Gasteiger partial charge >= 0.3 is 0 Å². The lowest BCUT2D eigenvalue weighted by atomic mass is 10.3. The van der Waals surface area contributed by atoms with Gasteiger partial charge in [0, 0.05) is 17.6 Å². The Hall–Kier alpha value is -0.620. The van der Waals surface area contributed by atoms with Crippen molar-refractivity contribution < 1.29 is 9.90 Å². The van der Waals surface area contributed by atoms with Crippen molar-refractivity contribution in [3.63, 3.8) is 0 Å². The molecule has 0 aliphatic rings. The lowest BCUT2D eigenvalue weighted by Gasteiger charge is -2.19. The van der Waals surface area contributed by atoms with Crippen LogP contribution in [0.25, 0.3) is 0 Å². The first kappa shape index (κ1) is 16.4. The summed E-state index contributed by atoms with van der Waals surface area (Å²) >= 11 is 9.35. The maximum atomic E-state index is 11.9. The first-order valence-electron chi connectivity index (χ1n) is 6.15. The van der Waals surface area contributed by atoms with E-state index < -0.39 is 0 Å². The van der Waals surface area contributed by atoms with Crippen molar-refractivity contribution in [3.8, 4) is 0 Å². The van der Waals surface area contributed by atoms with Crippen LogP contribution in [0.2, 0.25) is 5.02 Å². The molecule has 0 atom stereocenters. The largest absolute Gasteiger partial charge is 0.396 e. The van der Waals surface area contributed by atoms with Gasteiger partial charge in [-0.25, -0.2) is 0 Å². The fourth-order valence-electron chi connectivity index (χ4n) is 1.63. The van der Waals surface area contributed by atoms with Crippen molar-refractivity contribution in [2.24, 2.45) is 0 Å². The molecular weight excluding hydrogens is 332 g/mol. The number of amides is 1. The number of likely N-dealkylation sites (N-methyl/N-ethyl adjacent to an activating group) is 1. The molecular formula is C13H18BrClN2O2. The number of aliphatic hydroxyl groups is 1. The van der Waals surface area contributed by atoms with E-state index in [0.717, 1.165) is 11.0 Å². The van der Waals surface area contributed by atoms with E-state index in [0.29, 0.717) is 30.2 Å². The highest BCUT2D eigenvalue weighted by atomic mass is 79.9. The molecule has 1 amide bonds. The van der Waals surface area contributed by atoms with E-state index in [-0.39, 0.29) is 12.5 Å². The van der Waals surface area contributed by atoms with Gasteiger partial charge in [-0.2, -0.15) is 0 Å². The summed E-state index contributed by atoms with van der Waals surface area (Å²) in [4.78, 5) is 13.9. The van der Waals surface area contributed by atoms with Gasteiger partial charge in [0.15, 0.2) is 0 Å². The monoisotopic (exact) mass is 348 g/mol. The van der Waals surface area contributed by atoms with Gasteiger partial charge in [-0.05, 0) is 31.2 Å². The van der Waals surface area contributed by atoms with E-state index in [9.17, 15) is 4.79 Å². The Morgan fingerprint density at radius 3 is 2.84 bits per heavy atom. The lowest BCUT2D eigenvalue weighted by molar-refractivity contribution is -0.117. The number of nitrogens with one attached hydrogen (secondary N) is 1. The van der Waals surface area contributed by atoms with Crippen molar-refractivity contribution >= 4 is 39.1 Å². The number of hydrogen-bond donors (Lipinski definition) is 2. The van der Waals surface area contributed by atoms with E-state index >= 15 is 0 Å². The number of anilines is 1. The zero-order chi connectivity index (χ0) is 14.3. The van der Waals surface area contributed by atoms with Crippen LogP contribution in [0.5, 0.6) is 0 Å². The van der Waals surface area contributed by atoms with E-state index in [4.69, 9.17) is 16.7 Å². The van der Waals surface area contributed by atoms with Crippen molar-refractivity contribution in [3.05, 3.63) is 27.7 Å². The first-order chi connectivity index (χ1) is 9.06. The van der Waals surface area contributed by atoms with Crippen molar-refractivity contribution in [2.45, 2.75) is 13.3 Å². The molecule has 0 heterocycles. The molecule has 1 aromatic carbocycles. The predicted molar refractivity (Wildman–Crippen MR) is 81.6 cm³/mol. The molecule has 0 aliphatic carbocycles. The molecule has 1 aromatic rings. The SMILES string of the molecule is CCN(CCCO)CC(=O)Nc1ccc(Br)cc1Cl. The first-order valence-corrected chi connectivity index (χ1v) is 7.32. The molecule has 4 nitrogen and oxygen atoms in total. The lowest BCUT2D eigenvalue weighted by Crippen LogP contribution is -2.34. The summed E-state index contributed by atoms with van der Waals surface area (Å²) in [7, 11) is 0. The van der Waals surface area contributed by atoms with Crippen LogP contribution in [0.1, 0.15) is 13.3 Å². The van der Waals surface area contributed by atoms with Crippen LogP contribution in [0, 0.1) is 0 Å². The minimum atomic E-state index is -0.107. The summed E-state index contributed by atoms with van der Waals surface area (Å²) < 4.78 is 0.869. The van der Waals surface area contributed by atoms with Crippen molar-refractivity contribution in [1.82, 2.24) is 4.90 Å². The third-order valence-corrected chi connectivity index (χ3v) is 3.46. The molecule has 6 heteroatoms. The Bertz CT molecular complexity index is 429. The summed E-state index contributed by atoms with van der Waals surface area (Å²) in [5.74, 6) is -0.107. The molecule has 0 saturated heterocycles. The van der Waals surface area contributed by atoms with Gasteiger partial charge in [-0.3, -0.25) is 9.69 Å². The Morgan fingerprint density at radius 1 is 1.53 bits per heavy atom. The van der Waals surface area contributed by atoms with Crippen LogP contribution in [0.15, 0.2) is 22.7 Å². The van der Waals surface area contributed by atoms with Crippen LogP contribution in [0.4, 0.5) is 5.69 Å². The van der Waals surface area contributed by atoms with Crippen LogP contribution in [0.3, 0.4) is 0 Å². The molecule has 0 bridgehead atoms. The fourth-order valence-corrected chi connectivity index (χ4v) is 2.35. The van der Waals surface area contributed by atoms with Gasteiger partial charge in [0.1, 0.15) is 0 Å². The maximum Gasteiger partial charge on any atom is 0.238 e. The van der Waals surface area contributed by atoms with Crippen LogP contribution < -0.4 is 5.32 Å². The van der Waals surface area contributed by atoms with Gasteiger partial charge in [0.25, 0.3) is 0 Å². The normalized spacial score (nSPS) is 10.8. The molecule has 0 radical (unpaired) electrons. The second kappa shape index (κ2) is 8.53. The topological polar surface area (TPSA) is 52.6 Å². The summed E-state index contributed by atoms with van der Waals surface area (Å²) in [6.07, 6.45) is 0.667. The molecule has 2 N–H and O–H groups in total. The minimum absolute atomic E-state index is 0.107. The summed E-state index contributed by atoms with van der Waals surface area (Å²) in [5, 5.41) is 12.1. The van der Waals surface area contributed by atoms with Crippen LogP contribution in [-0.2, 0) is 4.79 Å². The van der Waals surface area contributed by atoms with Gasteiger partial charge in [-0.15, -0.1) is 0 Å². The number of hydrogen-bond acceptors (Lipinski definition) is 3. The zero-order valence-corrected chi connectivity index (χ0v) is 13.2. The number of carbonyl (C=O) groups is 1. The number of nitrogens with zero attached hydrogens (tertiary/aromatic N) is 1. The summed E-state index contributed by atoms with van der Waals surface area (Å²) in [6, 6.07) is 5.32. The highest BCUT2D eigenvalue weighted by molar-refractivity contribution is 9.10. The van der Waals surface area contributed by atoms with Gasteiger partial charge in [0.05, 0.1) is 17.3 Å². The predicted octanol–water partition coefficient (Wildman–Crippen LogP) is 2.75. The molecule has 106 valence electrons. The number of benzene rings is 1. The fraction of sp³-hybridized carbons (Fsp3) is 0.462. The molecule has 0 saturated carbocycles. The van der Waals surface area contributed by atoms with E-state index in [1.807, 2.05) is 17.9 Å². The highest BCUT2D eigenvalue weighted by Gasteiger charge is 2.10. The Kier molecular flexibility index (Phi) is 7.38. The number of carbonyl (C=O) groups excluding carboxylic acids is 1. The number of halogens is 2. The smallest absolute Gasteiger partial charge is 0.238 e. The van der Waals surface area contributed by atoms with E-state index in [1.54, 1.807) is 12.1 Å². The third-order valence-electron chi connectivity index (χ3n) is 2.65. The second-order valence-electron chi connectivity index (χ2n) is 4.12. The Labute approximate surface area is 126 Å². The quantitative estimate of drug-likeness (QED) is 0.796. The summed E-state index contributed by atoms with van der Waals surface area (Å²) in [6.45, 7) is 3.88. The summed E-state index contributed by atoms with van der Waals surface area (Å²) in [5.41, 5.74) is 0.605. The van der Waals surface area contributed by atoms with Crippen LogP contribution in [-0.4, -0.2) is 42.2 Å². The zero-order valence-electron chi connectivity index (χ0n) is 10.8. The molecule has 0 aromatic heterocycles. The molecule has 0 aliphatic heterocycles. The number of aliphatic hydroxyl groups excluding tert-OH is 1. The van der Waals surface area contributed by atoms with Gasteiger partial charge in [-0.1, -0.05) is 34.5 Å². The minimum Gasteiger partial charge on any atom is -0.396 e. The standard InChI is InChI=1S/C13H18BrClN2O2/c1-2-17(6-3-7-18)9-13(19)16-12-5-4-10(14)8-11(12)15/h4-5,8,18H,2-3,6-7,9H2,1H3,(H,16,19). The molecule has 0 fully saturated rings. The van der Waals surface area contributed by atoms with E-state index in [2.05, 4.69) is 21.2 Å². The molecule has 0 unspecified atom stereocenters. The van der Waals surface area contributed by atoms with Crippen molar-refractivity contribution in [2.75, 3.05) is 31.6 Å². The Balaban J connectivity index is 2.54. The third kappa shape index (κ3) is 5.91. The van der Waals surface area contributed by atoms with Crippen molar-refractivity contribution in [1.29, 1.82) is 0 Å². The Morgan fingerprint density at radius 2 is 2.26 bits per heavy atom. The maximum absolute atomic E-state index is 11.9. The highest BCUT2D eigenvalue weighted by Crippen LogP contribution is 2.25. The van der Waals surface area contributed by atoms with E-state index in [1.165, 1.54) is 0 Å². The molecule has 1 rings (SSSR count). The van der Waals surface area contributed by atoms with Crippen LogP contribution >= 0.6 is 27.5 Å². The second-order valence-corrected chi connectivity index (χ2v) is 5.44. The van der Waals surface area contributed by atoms with Gasteiger partial charge in [0.2, 0.25) is 5.91 Å². The molecule has 19 heavy (non-hydrogen) atoms. The molecule has 0 spiro atoms. The average Bonchev–Trinajstić information content (AvgIpc) is 2.38.